The minimum absolute atomic E-state index is 0.360. The van der Waals surface area contributed by atoms with E-state index < -0.39 is 23.7 Å². The number of aromatic hydroxyl groups is 1. The van der Waals surface area contributed by atoms with Gasteiger partial charge in [0.05, 0.1) is 6.10 Å². The van der Waals surface area contributed by atoms with E-state index in [0.29, 0.717) is 12.0 Å². The zero-order valence-electron chi connectivity index (χ0n) is 10.3. The molecule has 0 fully saturated rings. The normalized spacial score (nSPS) is 14.1. The number of halogens is 1. The third kappa shape index (κ3) is 3.30. The van der Waals surface area contributed by atoms with Crippen LogP contribution in [0.3, 0.4) is 0 Å². The molecule has 0 aromatic heterocycles. The molecule has 2 aromatic rings. The molecule has 0 saturated heterocycles. The zero-order chi connectivity index (χ0) is 13.8. The van der Waals surface area contributed by atoms with Crippen LogP contribution >= 0.6 is 0 Å². The van der Waals surface area contributed by atoms with Crippen molar-refractivity contribution in [1.29, 1.82) is 0 Å². The second-order valence-corrected chi connectivity index (χ2v) is 4.51. The molecule has 19 heavy (non-hydrogen) atoms. The average Bonchev–Trinajstić information content (AvgIpc) is 2.42. The molecule has 100 valence electrons. The SMILES string of the molecule is NC(Cc1ccccc1)C(O)c1ccc(O)c(F)c1. The van der Waals surface area contributed by atoms with Crippen molar-refractivity contribution in [3.63, 3.8) is 0 Å². The van der Waals surface area contributed by atoms with E-state index >= 15 is 0 Å². The lowest BCUT2D eigenvalue weighted by atomic mass is 9.97. The van der Waals surface area contributed by atoms with Gasteiger partial charge in [0, 0.05) is 6.04 Å². The van der Waals surface area contributed by atoms with E-state index in [0.717, 1.165) is 11.6 Å². The molecule has 2 unspecified atom stereocenters. The van der Waals surface area contributed by atoms with Gasteiger partial charge in [0.2, 0.25) is 0 Å². The highest BCUT2D eigenvalue weighted by atomic mass is 19.1. The summed E-state index contributed by atoms with van der Waals surface area (Å²) >= 11 is 0. The molecule has 2 rings (SSSR count). The quantitative estimate of drug-likeness (QED) is 0.790. The van der Waals surface area contributed by atoms with Gasteiger partial charge in [-0.1, -0.05) is 36.4 Å². The Morgan fingerprint density at radius 2 is 1.79 bits per heavy atom. The molecule has 0 amide bonds. The maximum atomic E-state index is 13.2. The van der Waals surface area contributed by atoms with Gasteiger partial charge in [-0.25, -0.2) is 4.39 Å². The molecular formula is C15H16FNO2. The van der Waals surface area contributed by atoms with Gasteiger partial charge in [-0.05, 0) is 29.7 Å². The maximum Gasteiger partial charge on any atom is 0.165 e. The first kappa shape index (κ1) is 13.5. The van der Waals surface area contributed by atoms with Crippen LogP contribution in [0.4, 0.5) is 4.39 Å². The fraction of sp³-hybridized carbons (Fsp3) is 0.200. The minimum Gasteiger partial charge on any atom is -0.505 e. The molecule has 0 aliphatic carbocycles. The van der Waals surface area contributed by atoms with Crippen molar-refractivity contribution in [2.75, 3.05) is 0 Å². The van der Waals surface area contributed by atoms with E-state index in [9.17, 15) is 9.50 Å². The summed E-state index contributed by atoms with van der Waals surface area (Å²) < 4.78 is 13.2. The Hall–Kier alpha value is -1.91. The van der Waals surface area contributed by atoms with Crippen LogP contribution in [0.2, 0.25) is 0 Å². The summed E-state index contributed by atoms with van der Waals surface area (Å²) in [7, 11) is 0. The summed E-state index contributed by atoms with van der Waals surface area (Å²) in [6.45, 7) is 0. The van der Waals surface area contributed by atoms with Crippen molar-refractivity contribution in [2.45, 2.75) is 18.6 Å². The number of phenols is 1. The first-order chi connectivity index (χ1) is 9.08. The topological polar surface area (TPSA) is 66.5 Å². The van der Waals surface area contributed by atoms with Crippen molar-refractivity contribution in [3.8, 4) is 5.75 Å². The monoisotopic (exact) mass is 261 g/mol. The number of hydrogen-bond donors (Lipinski definition) is 3. The fourth-order valence-electron chi connectivity index (χ4n) is 1.95. The second kappa shape index (κ2) is 5.82. The zero-order valence-corrected chi connectivity index (χ0v) is 10.3. The number of aliphatic hydroxyl groups excluding tert-OH is 1. The molecule has 4 heteroatoms. The van der Waals surface area contributed by atoms with Gasteiger partial charge >= 0.3 is 0 Å². The van der Waals surface area contributed by atoms with E-state index in [1.165, 1.54) is 12.1 Å². The summed E-state index contributed by atoms with van der Waals surface area (Å²) in [5, 5.41) is 19.2. The van der Waals surface area contributed by atoms with Crippen LogP contribution in [0.1, 0.15) is 17.2 Å². The third-order valence-electron chi connectivity index (χ3n) is 3.03. The molecule has 0 radical (unpaired) electrons. The molecule has 3 nitrogen and oxygen atoms in total. The van der Waals surface area contributed by atoms with Gasteiger partial charge in [-0.15, -0.1) is 0 Å². The van der Waals surface area contributed by atoms with Gasteiger partial charge in [0.1, 0.15) is 0 Å². The van der Waals surface area contributed by atoms with Crippen LogP contribution in [-0.4, -0.2) is 16.3 Å². The Labute approximate surface area is 111 Å². The molecule has 0 aliphatic rings. The summed E-state index contributed by atoms with van der Waals surface area (Å²) in [4.78, 5) is 0. The van der Waals surface area contributed by atoms with Crippen LogP contribution in [0.15, 0.2) is 48.5 Å². The molecule has 0 heterocycles. The van der Waals surface area contributed by atoms with E-state index in [4.69, 9.17) is 10.8 Å². The Balaban J connectivity index is 2.10. The average molecular weight is 261 g/mol. The lowest BCUT2D eigenvalue weighted by Crippen LogP contribution is -2.30. The maximum absolute atomic E-state index is 13.2. The molecule has 0 bridgehead atoms. The number of nitrogens with two attached hydrogens (primary N) is 1. The van der Waals surface area contributed by atoms with Gasteiger partial charge in [0.15, 0.2) is 11.6 Å². The van der Waals surface area contributed by atoms with Crippen molar-refractivity contribution in [3.05, 3.63) is 65.5 Å². The van der Waals surface area contributed by atoms with E-state index in [1.807, 2.05) is 30.3 Å². The van der Waals surface area contributed by atoms with Crippen LogP contribution in [-0.2, 0) is 6.42 Å². The first-order valence-electron chi connectivity index (χ1n) is 6.04. The Morgan fingerprint density at radius 1 is 1.11 bits per heavy atom. The number of aliphatic hydroxyl groups is 1. The molecular weight excluding hydrogens is 245 g/mol. The smallest absolute Gasteiger partial charge is 0.165 e. The van der Waals surface area contributed by atoms with Crippen LogP contribution in [0.5, 0.6) is 5.75 Å². The molecule has 0 spiro atoms. The van der Waals surface area contributed by atoms with Crippen molar-refractivity contribution < 1.29 is 14.6 Å². The molecule has 2 atom stereocenters. The Kier molecular flexibility index (Phi) is 4.14. The fourth-order valence-corrected chi connectivity index (χ4v) is 1.95. The Morgan fingerprint density at radius 3 is 2.42 bits per heavy atom. The van der Waals surface area contributed by atoms with Crippen molar-refractivity contribution in [1.82, 2.24) is 0 Å². The highest BCUT2D eigenvalue weighted by Gasteiger charge is 2.18. The highest BCUT2D eigenvalue weighted by Crippen LogP contribution is 2.23. The number of hydrogen-bond acceptors (Lipinski definition) is 3. The second-order valence-electron chi connectivity index (χ2n) is 4.51. The Bertz CT molecular complexity index is 545. The number of benzene rings is 2. The van der Waals surface area contributed by atoms with Crippen LogP contribution < -0.4 is 5.73 Å². The lowest BCUT2D eigenvalue weighted by molar-refractivity contribution is 0.145. The van der Waals surface area contributed by atoms with Crippen molar-refractivity contribution in [2.24, 2.45) is 5.73 Å². The molecule has 0 aliphatic heterocycles. The molecule has 4 N–H and O–H groups in total. The van der Waals surface area contributed by atoms with Gasteiger partial charge in [0.25, 0.3) is 0 Å². The van der Waals surface area contributed by atoms with E-state index in [2.05, 4.69) is 0 Å². The van der Waals surface area contributed by atoms with Gasteiger partial charge in [-0.2, -0.15) is 0 Å². The minimum atomic E-state index is -0.977. The first-order valence-corrected chi connectivity index (χ1v) is 6.04. The summed E-state index contributed by atoms with van der Waals surface area (Å²) in [6, 6.07) is 12.8. The molecule has 0 saturated carbocycles. The number of rotatable bonds is 4. The molecule has 2 aromatic carbocycles. The van der Waals surface area contributed by atoms with Crippen LogP contribution in [0, 0.1) is 5.82 Å². The largest absolute Gasteiger partial charge is 0.505 e. The van der Waals surface area contributed by atoms with Crippen molar-refractivity contribution >= 4 is 0 Å². The van der Waals surface area contributed by atoms with E-state index in [1.54, 1.807) is 0 Å². The standard InChI is InChI=1S/C15H16FNO2/c16-12-9-11(6-7-14(12)18)15(19)13(17)8-10-4-2-1-3-5-10/h1-7,9,13,15,18-19H,8,17H2. The highest BCUT2D eigenvalue weighted by molar-refractivity contribution is 5.30. The van der Waals surface area contributed by atoms with Gasteiger partial charge in [-0.3, -0.25) is 0 Å². The number of phenolic OH excluding ortho intramolecular Hbond substituents is 1. The summed E-state index contributed by atoms with van der Waals surface area (Å²) in [5.41, 5.74) is 7.30. The van der Waals surface area contributed by atoms with Gasteiger partial charge < -0.3 is 15.9 Å². The van der Waals surface area contributed by atoms with Crippen LogP contribution in [0.25, 0.3) is 0 Å². The summed E-state index contributed by atoms with van der Waals surface area (Å²) in [5.74, 6) is -1.20. The summed E-state index contributed by atoms with van der Waals surface area (Å²) in [6.07, 6.45) is -0.486. The predicted octanol–water partition coefficient (Wildman–Crippen LogP) is 2.13. The lowest BCUT2D eigenvalue weighted by Gasteiger charge is -2.19. The predicted molar refractivity (Wildman–Crippen MR) is 71.1 cm³/mol. The third-order valence-corrected chi connectivity index (χ3v) is 3.03. The van der Waals surface area contributed by atoms with E-state index in [-0.39, 0.29) is 0 Å².